The molecule has 2 fully saturated rings. The number of cyclic esters (lactones) is 1. The molecule has 35 heavy (non-hydrogen) atoms. The van der Waals surface area contributed by atoms with Crippen LogP contribution in [0.1, 0.15) is 33.6 Å². The summed E-state index contributed by atoms with van der Waals surface area (Å²) in [6, 6.07) is 11.6. The van der Waals surface area contributed by atoms with Crippen LogP contribution in [-0.4, -0.2) is 63.6 Å². The predicted octanol–water partition coefficient (Wildman–Crippen LogP) is 4.92. The minimum Gasteiger partial charge on any atom is -0.489 e. The number of likely N-dealkylation sites (tertiary alicyclic amines) is 1. The van der Waals surface area contributed by atoms with Crippen LogP contribution in [0.25, 0.3) is 16.7 Å². The number of pyridine rings is 1. The topological polar surface area (TPSA) is 97.1 Å². The van der Waals surface area contributed by atoms with Gasteiger partial charge in [0.25, 0.3) is 0 Å². The SMILES string of the molecule is CC(C)(C)C1CC(Oc2ccc(-n3ccc4cc(N5CCOC5=O)ccc43)nc2)CCN1C(=O)O. The molecular formula is C26H30N4O5. The van der Waals surface area contributed by atoms with Gasteiger partial charge in [0.15, 0.2) is 0 Å². The summed E-state index contributed by atoms with van der Waals surface area (Å²) in [6.07, 6.45) is 3.71. The predicted molar refractivity (Wildman–Crippen MR) is 131 cm³/mol. The van der Waals surface area contributed by atoms with Crippen LogP contribution in [0.15, 0.2) is 48.8 Å². The maximum Gasteiger partial charge on any atom is 0.414 e. The maximum absolute atomic E-state index is 11.9. The van der Waals surface area contributed by atoms with E-state index in [1.54, 1.807) is 11.1 Å². The molecule has 2 amide bonds. The fourth-order valence-electron chi connectivity index (χ4n) is 4.99. The molecule has 1 N–H and O–H groups in total. The minimum atomic E-state index is -0.874. The molecule has 2 saturated heterocycles. The molecular weight excluding hydrogens is 448 g/mol. The Balaban J connectivity index is 1.30. The standard InChI is InChI=1S/C26H30N4O5/c1-26(2,3)22-15-19(9-11-30(22)24(31)32)35-20-5-7-23(27-16-20)29-10-8-17-14-18(4-6-21(17)29)28-12-13-34-25(28)33/h4-8,10,14,16,19,22H,9,11-13,15H2,1-3H3,(H,31,32). The first-order valence-corrected chi connectivity index (χ1v) is 11.9. The van der Waals surface area contributed by atoms with Crippen molar-refractivity contribution in [3.63, 3.8) is 0 Å². The number of rotatable bonds is 4. The van der Waals surface area contributed by atoms with E-state index in [1.165, 1.54) is 4.90 Å². The molecule has 9 nitrogen and oxygen atoms in total. The van der Waals surface area contributed by atoms with Crippen LogP contribution in [0.2, 0.25) is 0 Å². The second kappa shape index (κ2) is 8.79. The van der Waals surface area contributed by atoms with Gasteiger partial charge in [-0.1, -0.05) is 20.8 Å². The van der Waals surface area contributed by atoms with Crippen LogP contribution < -0.4 is 9.64 Å². The zero-order valence-corrected chi connectivity index (χ0v) is 20.2. The number of carboxylic acid groups (broad SMARTS) is 1. The molecule has 0 radical (unpaired) electrons. The highest BCUT2D eigenvalue weighted by Gasteiger charge is 2.39. The van der Waals surface area contributed by atoms with E-state index in [9.17, 15) is 14.7 Å². The van der Waals surface area contributed by atoms with E-state index in [-0.39, 0.29) is 23.7 Å². The van der Waals surface area contributed by atoms with Crippen LogP contribution in [0, 0.1) is 5.41 Å². The lowest BCUT2D eigenvalue weighted by Gasteiger charge is -2.44. The highest BCUT2D eigenvalue weighted by molar-refractivity contribution is 5.93. The van der Waals surface area contributed by atoms with E-state index in [2.05, 4.69) is 25.8 Å². The highest BCUT2D eigenvalue weighted by Crippen LogP contribution is 2.34. The summed E-state index contributed by atoms with van der Waals surface area (Å²) in [4.78, 5) is 31.3. The molecule has 1 aromatic carbocycles. The van der Waals surface area contributed by atoms with Gasteiger partial charge in [0.05, 0.1) is 18.3 Å². The highest BCUT2D eigenvalue weighted by atomic mass is 16.6. The molecule has 2 aromatic heterocycles. The molecule has 2 aliphatic heterocycles. The number of amides is 2. The number of aromatic nitrogens is 2. The van der Waals surface area contributed by atoms with Crippen molar-refractivity contribution >= 4 is 28.8 Å². The number of hydrogen-bond acceptors (Lipinski definition) is 5. The van der Waals surface area contributed by atoms with Gasteiger partial charge in [0.2, 0.25) is 0 Å². The first-order valence-electron chi connectivity index (χ1n) is 11.9. The van der Waals surface area contributed by atoms with Gasteiger partial charge >= 0.3 is 12.2 Å². The van der Waals surface area contributed by atoms with Crippen molar-refractivity contribution in [3.05, 3.63) is 48.8 Å². The zero-order valence-electron chi connectivity index (χ0n) is 20.2. The van der Waals surface area contributed by atoms with Crippen LogP contribution >= 0.6 is 0 Å². The van der Waals surface area contributed by atoms with Gasteiger partial charge < -0.3 is 24.0 Å². The van der Waals surface area contributed by atoms with Crippen molar-refractivity contribution in [3.8, 4) is 11.6 Å². The number of carbonyl (C=O) groups is 2. The number of fused-ring (bicyclic) bond motifs is 1. The lowest BCUT2D eigenvalue weighted by atomic mass is 9.80. The van der Waals surface area contributed by atoms with Crippen molar-refractivity contribution in [2.75, 3.05) is 24.6 Å². The van der Waals surface area contributed by atoms with Gasteiger partial charge in [0, 0.05) is 42.7 Å². The third-order valence-electron chi connectivity index (χ3n) is 6.82. The van der Waals surface area contributed by atoms with E-state index in [0.29, 0.717) is 38.3 Å². The molecule has 5 rings (SSSR count). The quantitative estimate of drug-likeness (QED) is 0.572. The fraction of sp³-hybridized carbons (Fsp3) is 0.423. The van der Waals surface area contributed by atoms with Gasteiger partial charge in [0.1, 0.15) is 24.3 Å². The lowest BCUT2D eigenvalue weighted by Crippen LogP contribution is -2.53. The normalized spacial score (nSPS) is 20.8. The Kier molecular flexibility index (Phi) is 5.78. The summed E-state index contributed by atoms with van der Waals surface area (Å²) in [5.74, 6) is 1.43. The Hall–Kier alpha value is -3.75. The molecule has 0 aliphatic carbocycles. The third-order valence-corrected chi connectivity index (χ3v) is 6.82. The Morgan fingerprint density at radius 1 is 1.17 bits per heavy atom. The summed E-state index contributed by atoms with van der Waals surface area (Å²) >= 11 is 0. The smallest absolute Gasteiger partial charge is 0.414 e. The fourth-order valence-corrected chi connectivity index (χ4v) is 4.99. The van der Waals surface area contributed by atoms with Gasteiger partial charge in [-0.3, -0.25) is 4.90 Å². The Labute approximate surface area is 203 Å². The summed E-state index contributed by atoms with van der Waals surface area (Å²) in [5.41, 5.74) is 1.63. The molecule has 2 atom stereocenters. The van der Waals surface area contributed by atoms with Gasteiger partial charge in [-0.15, -0.1) is 0 Å². The molecule has 9 heteroatoms. The number of nitrogens with zero attached hydrogens (tertiary/aromatic N) is 4. The van der Waals surface area contributed by atoms with Crippen molar-refractivity contribution in [1.29, 1.82) is 0 Å². The Morgan fingerprint density at radius 3 is 2.66 bits per heavy atom. The Bertz CT molecular complexity index is 1250. The summed E-state index contributed by atoms with van der Waals surface area (Å²) < 4.78 is 13.2. The average molecular weight is 479 g/mol. The van der Waals surface area contributed by atoms with Crippen molar-refractivity contribution in [2.45, 2.75) is 45.8 Å². The monoisotopic (exact) mass is 478 g/mol. The first kappa shape index (κ1) is 23.0. The van der Waals surface area contributed by atoms with E-state index in [0.717, 1.165) is 22.4 Å². The Morgan fingerprint density at radius 2 is 2.00 bits per heavy atom. The largest absolute Gasteiger partial charge is 0.489 e. The zero-order chi connectivity index (χ0) is 24.7. The number of hydrogen-bond donors (Lipinski definition) is 1. The number of ether oxygens (including phenoxy) is 2. The summed E-state index contributed by atoms with van der Waals surface area (Å²) in [6.45, 7) is 7.61. The second-order valence-corrected chi connectivity index (χ2v) is 10.2. The van der Waals surface area contributed by atoms with E-state index >= 15 is 0 Å². The molecule has 4 heterocycles. The lowest BCUT2D eigenvalue weighted by molar-refractivity contribution is 0.0129. The first-order chi connectivity index (χ1) is 16.7. The van der Waals surface area contributed by atoms with Gasteiger partial charge in [-0.2, -0.15) is 0 Å². The van der Waals surface area contributed by atoms with Crippen LogP contribution in [0.4, 0.5) is 15.3 Å². The number of carbonyl (C=O) groups excluding carboxylic acids is 1. The molecule has 2 unspecified atom stereocenters. The van der Waals surface area contributed by atoms with Crippen molar-refractivity contribution in [2.24, 2.45) is 5.41 Å². The second-order valence-electron chi connectivity index (χ2n) is 10.2. The number of anilines is 1. The minimum absolute atomic E-state index is 0.0643. The molecule has 0 spiro atoms. The van der Waals surface area contributed by atoms with Crippen molar-refractivity contribution < 1.29 is 24.2 Å². The number of benzene rings is 1. The molecule has 184 valence electrons. The van der Waals surface area contributed by atoms with Crippen LogP contribution in [0.3, 0.4) is 0 Å². The molecule has 0 saturated carbocycles. The summed E-state index contributed by atoms with van der Waals surface area (Å²) in [5, 5.41) is 10.6. The molecule has 2 aliphatic rings. The summed E-state index contributed by atoms with van der Waals surface area (Å²) in [7, 11) is 0. The number of piperidine rings is 1. The van der Waals surface area contributed by atoms with Crippen LogP contribution in [0.5, 0.6) is 5.75 Å². The maximum atomic E-state index is 11.9. The van der Waals surface area contributed by atoms with E-state index in [4.69, 9.17) is 9.47 Å². The molecule has 0 bridgehead atoms. The van der Waals surface area contributed by atoms with Crippen LogP contribution in [-0.2, 0) is 4.74 Å². The average Bonchev–Trinajstić information content (AvgIpc) is 3.44. The third kappa shape index (κ3) is 4.50. The van der Waals surface area contributed by atoms with Gasteiger partial charge in [-0.25, -0.2) is 14.6 Å². The van der Waals surface area contributed by atoms with Crippen molar-refractivity contribution in [1.82, 2.24) is 14.5 Å². The molecule has 3 aromatic rings. The van der Waals surface area contributed by atoms with E-state index < -0.39 is 6.09 Å². The van der Waals surface area contributed by atoms with E-state index in [1.807, 2.05) is 47.2 Å². The van der Waals surface area contributed by atoms with Gasteiger partial charge in [-0.05, 0) is 41.8 Å².